The second-order valence-corrected chi connectivity index (χ2v) is 5.32. The Morgan fingerprint density at radius 3 is 2.74 bits per heavy atom. The van der Waals surface area contributed by atoms with E-state index in [1.54, 1.807) is 6.07 Å². The third-order valence-electron chi connectivity index (χ3n) is 3.91. The summed E-state index contributed by atoms with van der Waals surface area (Å²) in [5.74, 6) is -0.365. The first-order valence-corrected chi connectivity index (χ1v) is 7.08. The number of nitrogens with zero attached hydrogens (tertiary/aromatic N) is 1. The molecule has 2 unspecified atom stereocenters. The van der Waals surface area contributed by atoms with E-state index in [-0.39, 0.29) is 11.6 Å². The zero-order valence-corrected chi connectivity index (χ0v) is 11.7. The van der Waals surface area contributed by atoms with Crippen LogP contribution in [0.5, 0.6) is 5.75 Å². The molecule has 106 valence electrons. The van der Waals surface area contributed by atoms with Gasteiger partial charge in [0, 0.05) is 37.8 Å². The fourth-order valence-corrected chi connectivity index (χ4v) is 2.76. The number of halogens is 1. The zero-order valence-electron chi connectivity index (χ0n) is 11.7. The van der Waals surface area contributed by atoms with E-state index in [9.17, 15) is 9.50 Å². The molecule has 3 nitrogen and oxygen atoms in total. The van der Waals surface area contributed by atoms with Crippen LogP contribution in [0.1, 0.15) is 32.3 Å². The highest BCUT2D eigenvalue weighted by molar-refractivity contribution is 5.28. The summed E-state index contributed by atoms with van der Waals surface area (Å²) in [4.78, 5) is 2.39. The fourth-order valence-electron chi connectivity index (χ4n) is 2.76. The Hall–Kier alpha value is -1.13. The standard InChI is InChI=1S/C15H23FN2O/c1-3-13-10-18(14(4-2)8-17-13)9-11-5-12(16)7-15(19)6-11/h5-7,13-14,17,19H,3-4,8-10H2,1-2H3. The molecule has 1 aliphatic rings. The van der Waals surface area contributed by atoms with E-state index >= 15 is 0 Å². The first kappa shape index (κ1) is 14.3. The molecule has 0 amide bonds. The highest BCUT2D eigenvalue weighted by atomic mass is 19.1. The summed E-state index contributed by atoms with van der Waals surface area (Å²) < 4.78 is 13.3. The summed E-state index contributed by atoms with van der Waals surface area (Å²) >= 11 is 0. The first-order chi connectivity index (χ1) is 9.12. The average molecular weight is 266 g/mol. The van der Waals surface area contributed by atoms with Crippen LogP contribution in [0.3, 0.4) is 0 Å². The molecule has 0 radical (unpaired) electrons. The normalized spacial score (nSPS) is 24.6. The molecular weight excluding hydrogens is 243 g/mol. The summed E-state index contributed by atoms with van der Waals surface area (Å²) in [6, 6.07) is 5.29. The lowest BCUT2D eigenvalue weighted by Gasteiger charge is -2.40. The molecule has 0 aliphatic carbocycles. The maximum Gasteiger partial charge on any atom is 0.127 e. The molecule has 0 bridgehead atoms. The molecule has 4 heteroatoms. The summed E-state index contributed by atoms with van der Waals surface area (Å²) in [5, 5.41) is 13.0. The number of piperazine rings is 1. The second kappa shape index (κ2) is 6.35. The minimum atomic E-state index is -0.370. The molecule has 1 aromatic carbocycles. The molecule has 1 aliphatic heterocycles. The van der Waals surface area contributed by atoms with Crippen LogP contribution in [0.2, 0.25) is 0 Å². The van der Waals surface area contributed by atoms with E-state index in [0.29, 0.717) is 18.6 Å². The van der Waals surface area contributed by atoms with Gasteiger partial charge in [-0.05, 0) is 30.5 Å². The van der Waals surface area contributed by atoms with Crippen molar-refractivity contribution >= 4 is 0 Å². The van der Waals surface area contributed by atoms with E-state index in [1.807, 2.05) is 0 Å². The van der Waals surface area contributed by atoms with Crippen molar-refractivity contribution in [1.29, 1.82) is 0 Å². The molecule has 0 aromatic heterocycles. The van der Waals surface area contributed by atoms with Crippen molar-refractivity contribution in [3.63, 3.8) is 0 Å². The van der Waals surface area contributed by atoms with Crippen LogP contribution in [0.4, 0.5) is 4.39 Å². The third-order valence-corrected chi connectivity index (χ3v) is 3.91. The summed E-state index contributed by atoms with van der Waals surface area (Å²) in [6.07, 6.45) is 2.17. The lowest BCUT2D eigenvalue weighted by Crippen LogP contribution is -2.55. The highest BCUT2D eigenvalue weighted by Gasteiger charge is 2.25. The van der Waals surface area contributed by atoms with Crippen molar-refractivity contribution < 1.29 is 9.50 Å². The summed E-state index contributed by atoms with van der Waals surface area (Å²) in [7, 11) is 0. The Morgan fingerprint density at radius 2 is 2.11 bits per heavy atom. The Labute approximate surface area is 114 Å². The van der Waals surface area contributed by atoms with E-state index in [1.165, 1.54) is 6.07 Å². The van der Waals surface area contributed by atoms with E-state index in [0.717, 1.165) is 37.6 Å². The van der Waals surface area contributed by atoms with Crippen LogP contribution in [0.25, 0.3) is 0 Å². The quantitative estimate of drug-likeness (QED) is 0.879. The molecule has 2 N–H and O–H groups in total. The number of rotatable bonds is 4. The number of nitrogens with one attached hydrogen (secondary N) is 1. The van der Waals surface area contributed by atoms with Crippen LogP contribution < -0.4 is 5.32 Å². The lowest BCUT2D eigenvalue weighted by molar-refractivity contribution is 0.117. The molecule has 0 saturated carbocycles. The number of hydrogen-bond donors (Lipinski definition) is 2. The van der Waals surface area contributed by atoms with Crippen LogP contribution in [-0.2, 0) is 6.54 Å². The summed E-state index contributed by atoms with van der Waals surface area (Å²) in [5.41, 5.74) is 0.840. The van der Waals surface area contributed by atoms with Crippen LogP contribution in [0, 0.1) is 5.82 Å². The van der Waals surface area contributed by atoms with Crippen molar-refractivity contribution in [3.05, 3.63) is 29.6 Å². The van der Waals surface area contributed by atoms with Gasteiger partial charge in [-0.25, -0.2) is 4.39 Å². The van der Waals surface area contributed by atoms with Crippen LogP contribution >= 0.6 is 0 Å². The molecule has 2 atom stereocenters. The van der Waals surface area contributed by atoms with Gasteiger partial charge in [0.1, 0.15) is 11.6 Å². The number of aromatic hydroxyl groups is 1. The van der Waals surface area contributed by atoms with Crippen molar-refractivity contribution in [3.8, 4) is 5.75 Å². The van der Waals surface area contributed by atoms with Crippen LogP contribution in [-0.4, -0.2) is 35.2 Å². The highest BCUT2D eigenvalue weighted by Crippen LogP contribution is 2.20. The Balaban J connectivity index is 2.09. The SMILES string of the molecule is CCC1CN(Cc2cc(O)cc(F)c2)C(CC)CN1. The third kappa shape index (κ3) is 3.67. The Kier molecular flexibility index (Phi) is 4.77. The van der Waals surface area contributed by atoms with Crippen molar-refractivity contribution in [2.24, 2.45) is 0 Å². The monoisotopic (exact) mass is 266 g/mol. The average Bonchev–Trinajstić information content (AvgIpc) is 2.37. The van der Waals surface area contributed by atoms with Gasteiger partial charge in [0.15, 0.2) is 0 Å². The van der Waals surface area contributed by atoms with Gasteiger partial charge in [-0.3, -0.25) is 4.90 Å². The van der Waals surface area contributed by atoms with Crippen LogP contribution in [0.15, 0.2) is 18.2 Å². The van der Waals surface area contributed by atoms with Gasteiger partial charge < -0.3 is 10.4 Å². The van der Waals surface area contributed by atoms with E-state index in [4.69, 9.17) is 0 Å². The predicted octanol–water partition coefficient (Wildman–Crippen LogP) is 2.49. The van der Waals surface area contributed by atoms with Crippen molar-refractivity contribution in [1.82, 2.24) is 10.2 Å². The van der Waals surface area contributed by atoms with E-state index < -0.39 is 0 Å². The molecule has 0 spiro atoms. The van der Waals surface area contributed by atoms with Gasteiger partial charge in [-0.1, -0.05) is 13.8 Å². The first-order valence-electron chi connectivity index (χ1n) is 7.08. The molecule has 1 saturated heterocycles. The van der Waals surface area contributed by atoms with Crippen molar-refractivity contribution in [2.75, 3.05) is 13.1 Å². The lowest BCUT2D eigenvalue weighted by atomic mass is 10.0. The minimum Gasteiger partial charge on any atom is -0.508 e. The molecule has 1 aromatic rings. The van der Waals surface area contributed by atoms with Gasteiger partial charge >= 0.3 is 0 Å². The number of benzene rings is 1. The van der Waals surface area contributed by atoms with Crippen molar-refractivity contribution in [2.45, 2.75) is 45.3 Å². The summed E-state index contributed by atoms with van der Waals surface area (Å²) in [6.45, 7) is 7.01. The Morgan fingerprint density at radius 1 is 1.32 bits per heavy atom. The number of hydrogen-bond acceptors (Lipinski definition) is 3. The minimum absolute atomic E-state index is 0.00484. The predicted molar refractivity (Wildman–Crippen MR) is 74.6 cm³/mol. The largest absolute Gasteiger partial charge is 0.508 e. The molecule has 19 heavy (non-hydrogen) atoms. The number of phenols is 1. The second-order valence-electron chi connectivity index (χ2n) is 5.32. The topological polar surface area (TPSA) is 35.5 Å². The van der Waals surface area contributed by atoms with Gasteiger partial charge in [-0.2, -0.15) is 0 Å². The van der Waals surface area contributed by atoms with Gasteiger partial charge in [0.05, 0.1) is 0 Å². The number of phenolic OH excluding ortho intramolecular Hbond substituents is 1. The molecule has 1 heterocycles. The maximum atomic E-state index is 13.3. The maximum absolute atomic E-state index is 13.3. The van der Waals surface area contributed by atoms with E-state index in [2.05, 4.69) is 24.1 Å². The van der Waals surface area contributed by atoms with Gasteiger partial charge in [-0.15, -0.1) is 0 Å². The Bertz CT molecular complexity index is 404. The smallest absolute Gasteiger partial charge is 0.127 e. The molecular formula is C15H23FN2O. The molecule has 1 fully saturated rings. The zero-order chi connectivity index (χ0) is 13.8. The van der Waals surface area contributed by atoms with Gasteiger partial charge in [0.2, 0.25) is 0 Å². The molecule has 2 rings (SSSR count). The fraction of sp³-hybridized carbons (Fsp3) is 0.600. The van der Waals surface area contributed by atoms with Gasteiger partial charge in [0.25, 0.3) is 0 Å².